The molecule has 0 aliphatic carbocycles. The number of fused-ring (bicyclic) bond motifs is 1. The monoisotopic (exact) mass is 352 g/mol. The second-order valence-corrected chi connectivity index (χ2v) is 6.98. The van der Waals surface area contributed by atoms with Crippen LogP contribution < -0.4 is 10.9 Å². The summed E-state index contributed by atoms with van der Waals surface area (Å²) in [6, 6.07) is 8.14. The fourth-order valence-corrected chi connectivity index (χ4v) is 3.13. The third-order valence-corrected chi connectivity index (χ3v) is 4.54. The van der Waals surface area contributed by atoms with Crippen LogP contribution in [-0.2, 0) is 11.3 Å². The summed E-state index contributed by atoms with van der Waals surface area (Å²) >= 11 is 0. The molecular weight excluding hydrogens is 328 g/mol. The van der Waals surface area contributed by atoms with Crippen LogP contribution in [0.25, 0.3) is 16.7 Å². The molecule has 0 aliphatic rings. The summed E-state index contributed by atoms with van der Waals surface area (Å²) in [6.45, 7) is 9.67. The summed E-state index contributed by atoms with van der Waals surface area (Å²) < 4.78 is 3.36. The van der Waals surface area contributed by atoms with Crippen LogP contribution in [0.5, 0.6) is 0 Å². The maximum atomic E-state index is 13.0. The molecule has 1 aromatic carbocycles. The van der Waals surface area contributed by atoms with Crippen molar-refractivity contribution < 1.29 is 4.79 Å². The number of carbonyl (C=O) groups excluding carboxylic acids is 1. The lowest BCUT2D eigenvalue weighted by molar-refractivity contribution is -0.122. The zero-order chi connectivity index (χ0) is 19.0. The van der Waals surface area contributed by atoms with Crippen LogP contribution in [0, 0.1) is 20.8 Å². The summed E-state index contributed by atoms with van der Waals surface area (Å²) in [5, 5.41) is 3.36. The highest BCUT2D eigenvalue weighted by molar-refractivity contribution is 5.83. The lowest BCUT2D eigenvalue weighted by Crippen LogP contribution is -2.36. The van der Waals surface area contributed by atoms with E-state index in [1.807, 2.05) is 63.5 Å². The Morgan fingerprint density at radius 3 is 2.42 bits per heavy atom. The Morgan fingerprint density at radius 2 is 1.81 bits per heavy atom. The third-order valence-electron chi connectivity index (χ3n) is 4.54. The number of amides is 1. The van der Waals surface area contributed by atoms with Crippen molar-refractivity contribution in [2.45, 2.75) is 47.2 Å². The van der Waals surface area contributed by atoms with E-state index in [1.54, 1.807) is 0 Å². The number of hydrogen-bond acceptors (Lipinski definition) is 3. The third kappa shape index (κ3) is 3.14. The van der Waals surface area contributed by atoms with Crippen LogP contribution in [0.1, 0.15) is 30.7 Å². The van der Waals surface area contributed by atoms with Crippen LogP contribution in [0.15, 0.2) is 35.4 Å². The summed E-state index contributed by atoms with van der Waals surface area (Å²) in [4.78, 5) is 29.5. The van der Waals surface area contributed by atoms with Crippen molar-refractivity contribution in [2.24, 2.45) is 0 Å². The Morgan fingerprint density at radius 1 is 1.15 bits per heavy atom. The molecule has 6 nitrogen and oxygen atoms in total. The summed E-state index contributed by atoms with van der Waals surface area (Å²) in [6.07, 6.45) is 1.45. The van der Waals surface area contributed by atoms with Gasteiger partial charge in [-0.2, -0.15) is 0 Å². The Labute approximate surface area is 152 Å². The van der Waals surface area contributed by atoms with E-state index in [-0.39, 0.29) is 24.1 Å². The SMILES string of the molecule is Cc1ccc(-n2c(C)c(C)c3c(=O)n(CC(=O)NC(C)C)cnc32)cc1. The zero-order valence-corrected chi connectivity index (χ0v) is 15.8. The van der Waals surface area contributed by atoms with E-state index in [0.29, 0.717) is 11.0 Å². The van der Waals surface area contributed by atoms with Crippen LogP contribution in [0.2, 0.25) is 0 Å². The number of hydrogen-bond donors (Lipinski definition) is 1. The van der Waals surface area contributed by atoms with Crippen molar-refractivity contribution in [2.75, 3.05) is 0 Å². The fraction of sp³-hybridized carbons (Fsp3) is 0.350. The highest BCUT2D eigenvalue weighted by Crippen LogP contribution is 2.25. The highest BCUT2D eigenvalue weighted by atomic mass is 16.2. The van der Waals surface area contributed by atoms with Crippen LogP contribution in [-0.4, -0.2) is 26.1 Å². The first-order valence-electron chi connectivity index (χ1n) is 8.73. The number of aromatic nitrogens is 3. The van der Waals surface area contributed by atoms with Crippen molar-refractivity contribution in [3.63, 3.8) is 0 Å². The minimum atomic E-state index is -0.199. The second kappa shape index (κ2) is 6.78. The largest absolute Gasteiger partial charge is 0.352 e. The van der Waals surface area contributed by atoms with E-state index in [4.69, 9.17) is 0 Å². The number of rotatable bonds is 4. The van der Waals surface area contributed by atoms with Crippen molar-refractivity contribution in [1.82, 2.24) is 19.4 Å². The summed E-state index contributed by atoms with van der Waals surface area (Å²) in [5.74, 6) is -0.199. The van der Waals surface area contributed by atoms with Crippen molar-refractivity contribution in [3.8, 4) is 5.69 Å². The van der Waals surface area contributed by atoms with E-state index >= 15 is 0 Å². The topological polar surface area (TPSA) is 68.9 Å². The van der Waals surface area contributed by atoms with Gasteiger partial charge in [-0.3, -0.25) is 18.7 Å². The number of nitrogens with zero attached hydrogens (tertiary/aromatic N) is 3. The van der Waals surface area contributed by atoms with Gasteiger partial charge in [0.2, 0.25) is 5.91 Å². The van der Waals surface area contributed by atoms with E-state index in [9.17, 15) is 9.59 Å². The molecule has 26 heavy (non-hydrogen) atoms. The van der Waals surface area contributed by atoms with E-state index in [0.717, 1.165) is 16.9 Å². The Bertz CT molecular complexity index is 1030. The van der Waals surface area contributed by atoms with E-state index < -0.39 is 0 Å². The molecule has 0 aliphatic heterocycles. The lowest BCUT2D eigenvalue weighted by Gasteiger charge is -2.10. The number of aryl methyl sites for hydroxylation is 2. The van der Waals surface area contributed by atoms with Crippen molar-refractivity contribution in [1.29, 1.82) is 0 Å². The van der Waals surface area contributed by atoms with Gasteiger partial charge in [0.1, 0.15) is 12.9 Å². The van der Waals surface area contributed by atoms with Crippen LogP contribution in [0.3, 0.4) is 0 Å². The number of nitrogens with one attached hydrogen (secondary N) is 1. The molecule has 0 fully saturated rings. The van der Waals surface area contributed by atoms with Gasteiger partial charge in [0.15, 0.2) is 5.65 Å². The maximum Gasteiger partial charge on any atom is 0.263 e. The molecule has 6 heteroatoms. The van der Waals surface area contributed by atoms with Gasteiger partial charge >= 0.3 is 0 Å². The smallest absolute Gasteiger partial charge is 0.263 e. The molecule has 2 heterocycles. The molecule has 136 valence electrons. The fourth-order valence-electron chi connectivity index (χ4n) is 3.13. The molecule has 3 rings (SSSR count). The molecule has 0 saturated heterocycles. The predicted molar refractivity (Wildman–Crippen MR) is 103 cm³/mol. The van der Waals surface area contributed by atoms with Gasteiger partial charge in [0.25, 0.3) is 5.56 Å². The molecule has 0 spiro atoms. The average Bonchev–Trinajstić information content (AvgIpc) is 2.82. The molecule has 0 bridgehead atoms. The van der Waals surface area contributed by atoms with Gasteiger partial charge in [0.05, 0.1) is 5.39 Å². The molecule has 1 N–H and O–H groups in total. The van der Waals surface area contributed by atoms with E-state index in [1.165, 1.54) is 16.5 Å². The van der Waals surface area contributed by atoms with Crippen LogP contribution in [0.4, 0.5) is 0 Å². The normalized spacial score (nSPS) is 11.3. The standard InChI is InChI=1S/C20H24N4O2/c1-12(2)22-17(25)10-23-11-21-19-18(20(23)26)14(4)15(5)24(19)16-8-6-13(3)7-9-16/h6-9,11-12H,10H2,1-5H3,(H,22,25). The first kappa shape index (κ1) is 17.9. The summed E-state index contributed by atoms with van der Waals surface area (Å²) in [7, 11) is 0. The van der Waals surface area contributed by atoms with Gasteiger partial charge < -0.3 is 5.32 Å². The van der Waals surface area contributed by atoms with E-state index in [2.05, 4.69) is 10.3 Å². The Balaban J connectivity index is 2.13. The maximum absolute atomic E-state index is 13.0. The quantitative estimate of drug-likeness (QED) is 0.785. The molecule has 0 atom stereocenters. The van der Waals surface area contributed by atoms with Gasteiger partial charge in [-0.15, -0.1) is 0 Å². The van der Waals surface area contributed by atoms with Crippen molar-refractivity contribution >= 4 is 16.9 Å². The van der Waals surface area contributed by atoms with Crippen molar-refractivity contribution in [3.05, 3.63) is 57.8 Å². The zero-order valence-electron chi connectivity index (χ0n) is 15.8. The Kier molecular flexibility index (Phi) is 4.68. The van der Waals surface area contributed by atoms with Gasteiger partial charge in [-0.05, 0) is 52.3 Å². The highest BCUT2D eigenvalue weighted by Gasteiger charge is 2.18. The molecule has 0 unspecified atom stereocenters. The predicted octanol–water partition coefficient (Wildman–Crippen LogP) is 2.64. The number of benzene rings is 1. The Hall–Kier alpha value is -2.89. The first-order chi connectivity index (χ1) is 12.3. The molecule has 3 aromatic rings. The number of carbonyl (C=O) groups is 1. The molecule has 2 aromatic heterocycles. The van der Waals surface area contributed by atoms with Gasteiger partial charge in [-0.1, -0.05) is 17.7 Å². The summed E-state index contributed by atoms with van der Waals surface area (Å²) in [5.41, 5.74) is 4.42. The minimum Gasteiger partial charge on any atom is -0.352 e. The molecule has 0 radical (unpaired) electrons. The first-order valence-corrected chi connectivity index (χ1v) is 8.73. The molecule has 1 amide bonds. The lowest BCUT2D eigenvalue weighted by atomic mass is 10.2. The van der Waals surface area contributed by atoms with Gasteiger partial charge in [-0.25, -0.2) is 4.98 Å². The average molecular weight is 352 g/mol. The van der Waals surface area contributed by atoms with Gasteiger partial charge in [0, 0.05) is 17.4 Å². The van der Waals surface area contributed by atoms with Crippen LogP contribution >= 0.6 is 0 Å². The molecule has 0 saturated carbocycles. The minimum absolute atomic E-state index is 0.0292. The second-order valence-electron chi connectivity index (χ2n) is 6.98. The molecular formula is C20H24N4O2.